The number of aryl methyl sites for hydroxylation is 1. The zero-order valence-corrected chi connectivity index (χ0v) is 27.1. The summed E-state index contributed by atoms with van der Waals surface area (Å²) in [5.41, 5.74) is -0.967. The molecule has 0 saturated carbocycles. The summed E-state index contributed by atoms with van der Waals surface area (Å²) in [6.45, 7) is 11.3. The number of aromatic amines is 2. The number of rotatable bonds is 13. The van der Waals surface area contributed by atoms with Crippen molar-refractivity contribution < 1.29 is 37.0 Å². The number of alkyl carbamates (subject to hydrolysis) is 1. The molecule has 16 heteroatoms. The Labute approximate surface area is 270 Å². The summed E-state index contributed by atoms with van der Waals surface area (Å²) in [5, 5.41) is 22.8. The molecule has 2 heterocycles. The average Bonchev–Trinajstić information content (AvgIpc) is 3.59. The summed E-state index contributed by atoms with van der Waals surface area (Å²) in [5.74, 6) is -1.11. The van der Waals surface area contributed by atoms with E-state index in [2.05, 4.69) is 36.1 Å². The highest BCUT2D eigenvalue weighted by molar-refractivity contribution is 6.02. The molecule has 0 aliphatic heterocycles. The van der Waals surface area contributed by atoms with Gasteiger partial charge in [0.05, 0.1) is 36.9 Å². The molecule has 1 aromatic carbocycles. The van der Waals surface area contributed by atoms with Crippen LogP contribution in [0.4, 0.5) is 23.7 Å². The van der Waals surface area contributed by atoms with Crippen LogP contribution >= 0.6 is 0 Å². The molecule has 0 radical (unpaired) electrons. The fraction of sp³-hybridized carbons (Fsp3) is 0.484. The summed E-state index contributed by atoms with van der Waals surface area (Å²) in [6, 6.07) is 6.57. The van der Waals surface area contributed by atoms with E-state index >= 15 is 0 Å². The number of hydrogen-bond donors (Lipinski definition) is 5. The smallest absolute Gasteiger partial charge is 0.435 e. The summed E-state index contributed by atoms with van der Waals surface area (Å²) in [4.78, 5) is 44.5. The topological polar surface area (TPSA) is 187 Å². The molecule has 0 aliphatic carbocycles. The van der Waals surface area contributed by atoms with Crippen molar-refractivity contribution in [3.8, 4) is 6.07 Å². The predicted molar refractivity (Wildman–Crippen MR) is 165 cm³/mol. The number of ether oxygens (including phenoxy) is 2. The molecule has 2 aromatic heterocycles. The maximum absolute atomic E-state index is 13.4. The monoisotopic (exact) mass is 660 g/mol. The number of carbonyl (C=O) groups excluding carboxylic acids is 3. The number of nitriles is 1. The number of hydrogen-bond acceptors (Lipinski definition) is 8. The van der Waals surface area contributed by atoms with Gasteiger partial charge in [0.2, 0.25) is 0 Å². The van der Waals surface area contributed by atoms with Crippen molar-refractivity contribution in [2.45, 2.75) is 78.1 Å². The molecular weight excluding hydrogens is 621 g/mol. The van der Waals surface area contributed by atoms with Gasteiger partial charge in [0.25, 0.3) is 11.8 Å². The number of H-pyrrole nitrogens is 2. The number of imidazole rings is 1. The van der Waals surface area contributed by atoms with Crippen molar-refractivity contribution in [2.75, 3.05) is 25.1 Å². The second kappa shape index (κ2) is 15.1. The fourth-order valence-electron chi connectivity index (χ4n) is 4.46. The quantitative estimate of drug-likeness (QED) is 0.164. The van der Waals surface area contributed by atoms with Crippen LogP contribution in [0.15, 0.2) is 24.4 Å². The molecule has 3 rings (SSSR count). The number of aromatic nitrogens is 4. The molecule has 0 spiro atoms. The van der Waals surface area contributed by atoms with Gasteiger partial charge in [-0.1, -0.05) is 6.92 Å². The molecule has 0 aliphatic rings. The van der Waals surface area contributed by atoms with Crippen molar-refractivity contribution in [1.29, 1.82) is 5.26 Å². The minimum absolute atomic E-state index is 0.0284. The summed E-state index contributed by atoms with van der Waals surface area (Å²) in [7, 11) is 0. The van der Waals surface area contributed by atoms with E-state index in [0.717, 1.165) is 0 Å². The van der Waals surface area contributed by atoms with Crippen LogP contribution in [0, 0.1) is 11.3 Å². The summed E-state index contributed by atoms with van der Waals surface area (Å²) in [6.07, 6.45) is -4.14. The van der Waals surface area contributed by atoms with Crippen molar-refractivity contribution in [2.24, 2.45) is 0 Å². The number of benzene rings is 1. The molecule has 0 fully saturated rings. The molecule has 0 bridgehead atoms. The fourth-order valence-corrected chi connectivity index (χ4v) is 4.46. The third kappa shape index (κ3) is 10.8. The van der Waals surface area contributed by atoms with Gasteiger partial charge in [0, 0.05) is 41.7 Å². The molecular formula is C31H39F3N8O5. The Bertz CT molecular complexity index is 1620. The zero-order chi connectivity index (χ0) is 35.0. The Morgan fingerprint density at radius 2 is 1.81 bits per heavy atom. The first-order valence-corrected chi connectivity index (χ1v) is 14.8. The van der Waals surface area contributed by atoms with Gasteiger partial charge in [0.15, 0.2) is 11.5 Å². The third-order valence-electron chi connectivity index (χ3n) is 6.51. The first-order chi connectivity index (χ1) is 21.9. The number of anilines is 1. The van der Waals surface area contributed by atoms with E-state index < -0.39 is 35.0 Å². The number of nitrogens with one attached hydrogen (secondary N) is 5. The molecule has 3 amide bonds. The van der Waals surface area contributed by atoms with Crippen LogP contribution in [0.2, 0.25) is 0 Å². The lowest BCUT2D eigenvalue weighted by Gasteiger charge is -2.28. The highest BCUT2D eigenvalue weighted by atomic mass is 19.4. The lowest BCUT2D eigenvalue weighted by atomic mass is 10.0. The van der Waals surface area contributed by atoms with Crippen LogP contribution in [0.25, 0.3) is 0 Å². The van der Waals surface area contributed by atoms with Crippen LogP contribution in [-0.2, 0) is 34.9 Å². The number of halogens is 3. The molecule has 13 nitrogen and oxygen atoms in total. The predicted octanol–water partition coefficient (Wildman–Crippen LogP) is 4.67. The molecule has 0 atom stereocenters. The Hall–Kier alpha value is -4.91. The minimum Gasteiger partial charge on any atom is -0.444 e. The second-order valence-electron chi connectivity index (χ2n) is 12.3. The van der Waals surface area contributed by atoms with Crippen molar-refractivity contribution in [3.63, 3.8) is 0 Å². The van der Waals surface area contributed by atoms with Gasteiger partial charge in [-0.05, 0) is 64.8 Å². The van der Waals surface area contributed by atoms with Crippen LogP contribution in [-0.4, -0.2) is 69.0 Å². The Morgan fingerprint density at radius 1 is 1.09 bits per heavy atom. The van der Waals surface area contributed by atoms with E-state index in [-0.39, 0.29) is 61.3 Å². The molecule has 5 N–H and O–H groups in total. The van der Waals surface area contributed by atoms with Crippen molar-refractivity contribution in [1.82, 2.24) is 30.8 Å². The van der Waals surface area contributed by atoms with Crippen LogP contribution < -0.4 is 16.0 Å². The average molecular weight is 661 g/mol. The number of alkyl halides is 3. The highest BCUT2D eigenvalue weighted by Gasteiger charge is 2.38. The van der Waals surface area contributed by atoms with E-state index in [1.54, 1.807) is 58.9 Å². The first-order valence-electron chi connectivity index (χ1n) is 14.8. The first kappa shape index (κ1) is 36.6. The number of amides is 3. The zero-order valence-electron chi connectivity index (χ0n) is 27.1. The van der Waals surface area contributed by atoms with Gasteiger partial charge in [0.1, 0.15) is 5.60 Å². The standard InChI is InChI=1S/C31H39F3N8O5/c1-7-18-14-19(8-9-21(18)26(43)36-12-13-46-17-30(5,6)40-28(45)47-29(2,3)4)39-27(44)25-37-16-20(38-25)15-22-23(10-11-35)41-42-24(22)31(32,33)34/h8-9,14,16H,7,10,12-13,15,17H2,1-6H3,(H,36,43)(H,37,38)(H,39,44)(H,40,45)(H,41,42). The normalized spacial score (nSPS) is 11.9. The van der Waals surface area contributed by atoms with Gasteiger partial charge >= 0.3 is 12.3 Å². The largest absolute Gasteiger partial charge is 0.444 e. The molecule has 254 valence electrons. The SMILES string of the molecule is CCc1cc(NC(=O)c2ncc(Cc3c(C(F)(F)F)n[nH]c3CC#N)[nH]2)ccc1C(=O)NCCOCC(C)(C)NC(=O)OC(C)(C)C. The van der Waals surface area contributed by atoms with E-state index in [0.29, 0.717) is 23.2 Å². The maximum atomic E-state index is 13.4. The molecule has 0 unspecified atom stereocenters. The van der Waals surface area contributed by atoms with Gasteiger partial charge in [-0.25, -0.2) is 9.78 Å². The van der Waals surface area contributed by atoms with Gasteiger partial charge in [-0.2, -0.15) is 23.5 Å². The maximum Gasteiger partial charge on any atom is 0.435 e. The third-order valence-corrected chi connectivity index (χ3v) is 6.51. The Morgan fingerprint density at radius 3 is 2.45 bits per heavy atom. The van der Waals surface area contributed by atoms with E-state index in [4.69, 9.17) is 14.7 Å². The molecule has 47 heavy (non-hydrogen) atoms. The van der Waals surface area contributed by atoms with Crippen molar-refractivity contribution >= 4 is 23.6 Å². The lowest BCUT2D eigenvalue weighted by molar-refractivity contribution is -0.141. The number of carbonyl (C=O) groups is 3. The van der Waals surface area contributed by atoms with Crippen LogP contribution in [0.1, 0.15) is 90.7 Å². The highest BCUT2D eigenvalue weighted by Crippen LogP contribution is 2.33. The second-order valence-corrected chi connectivity index (χ2v) is 12.3. The van der Waals surface area contributed by atoms with E-state index in [1.807, 2.05) is 6.92 Å². The lowest BCUT2D eigenvalue weighted by Crippen LogP contribution is -2.49. The minimum atomic E-state index is -4.73. The van der Waals surface area contributed by atoms with Crippen LogP contribution in [0.3, 0.4) is 0 Å². The van der Waals surface area contributed by atoms with E-state index in [9.17, 15) is 27.6 Å². The van der Waals surface area contributed by atoms with Gasteiger partial charge in [-0.3, -0.25) is 14.7 Å². The van der Waals surface area contributed by atoms with Crippen LogP contribution in [0.5, 0.6) is 0 Å². The van der Waals surface area contributed by atoms with Gasteiger partial charge in [-0.15, -0.1) is 0 Å². The van der Waals surface area contributed by atoms with Gasteiger partial charge < -0.3 is 30.4 Å². The Balaban J connectivity index is 1.55. The Kier molecular flexibility index (Phi) is 11.8. The number of nitrogens with zero attached hydrogens (tertiary/aromatic N) is 3. The summed E-state index contributed by atoms with van der Waals surface area (Å²) < 4.78 is 51.2. The van der Waals surface area contributed by atoms with Crippen molar-refractivity contribution in [3.05, 3.63) is 64.0 Å². The molecule has 0 saturated heterocycles. The van der Waals surface area contributed by atoms with E-state index in [1.165, 1.54) is 6.20 Å². The molecule has 3 aromatic rings. The summed E-state index contributed by atoms with van der Waals surface area (Å²) >= 11 is 0.